The number of carbonyl (C=O) groups is 3. The van der Waals surface area contributed by atoms with E-state index in [-0.39, 0.29) is 5.69 Å². The first-order valence-corrected chi connectivity index (χ1v) is 8.09. The fraction of sp³-hybridized carbons (Fsp3) is 0.105. The molecule has 136 valence electrons. The van der Waals surface area contributed by atoms with E-state index in [1.807, 2.05) is 6.07 Å². The summed E-state index contributed by atoms with van der Waals surface area (Å²) < 4.78 is 5.35. The van der Waals surface area contributed by atoms with E-state index < -0.39 is 24.0 Å². The lowest BCUT2D eigenvalue weighted by molar-refractivity contribution is -0.129. The summed E-state index contributed by atoms with van der Waals surface area (Å²) in [6.07, 6.45) is -0.0344. The zero-order valence-electron chi connectivity index (χ0n) is 14.4. The molecule has 8 heteroatoms. The molecule has 0 aliphatic rings. The Morgan fingerprint density at radius 1 is 0.963 bits per heavy atom. The first-order chi connectivity index (χ1) is 13.1. The normalized spacial score (nSPS) is 11.4. The number of benzene rings is 2. The summed E-state index contributed by atoms with van der Waals surface area (Å²) in [5, 5.41) is 4.39. The van der Waals surface area contributed by atoms with Gasteiger partial charge in [0.25, 0.3) is 5.91 Å². The molecule has 1 atom stereocenters. The largest absolute Gasteiger partial charge is 0.442 e. The number of imide groups is 1. The quantitative estimate of drug-likeness (QED) is 0.685. The zero-order valence-corrected chi connectivity index (χ0v) is 14.4. The molecule has 3 aromatic rings. The summed E-state index contributed by atoms with van der Waals surface area (Å²) in [6.45, 7) is 0. The molecule has 3 amide bonds. The van der Waals surface area contributed by atoms with Gasteiger partial charge in [0, 0.05) is 12.6 Å². The van der Waals surface area contributed by atoms with Gasteiger partial charge in [-0.2, -0.15) is 0 Å². The predicted octanol–water partition coefficient (Wildman–Crippen LogP) is 1.98. The van der Waals surface area contributed by atoms with Crippen molar-refractivity contribution in [2.75, 3.05) is 7.05 Å². The minimum absolute atomic E-state index is 0.0395. The molecule has 0 saturated carbocycles. The van der Waals surface area contributed by atoms with Crippen LogP contribution in [0.1, 0.15) is 22.2 Å². The van der Waals surface area contributed by atoms with Crippen molar-refractivity contribution in [1.29, 1.82) is 0 Å². The molecule has 2 aromatic carbocycles. The maximum Gasteiger partial charge on any atom is 0.359 e. The second-order valence-electron chi connectivity index (χ2n) is 5.51. The monoisotopic (exact) mass is 364 g/mol. The van der Waals surface area contributed by atoms with E-state index >= 15 is 0 Å². The predicted molar refractivity (Wildman–Crippen MR) is 96.7 cm³/mol. The van der Waals surface area contributed by atoms with Crippen LogP contribution in [0.25, 0.3) is 11.0 Å². The van der Waals surface area contributed by atoms with Crippen LogP contribution in [0, 0.1) is 0 Å². The number of aromatic nitrogens is 2. The summed E-state index contributed by atoms with van der Waals surface area (Å²) in [4.78, 5) is 44.8. The molecule has 0 saturated heterocycles. The van der Waals surface area contributed by atoms with Crippen molar-refractivity contribution in [2.45, 2.75) is 6.10 Å². The third kappa shape index (κ3) is 4.24. The van der Waals surface area contributed by atoms with Gasteiger partial charge in [-0.3, -0.25) is 15.1 Å². The van der Waals surface area contributed by atoms with E-state index in [0.717, 1.165) is 0 Å². The fourth-order valence-corrected chi connectivity index (χ4v) is 2.36. The molecule has 0 aliphatic heterocycles. The Morgan fingerprint density at radius 2 is 1.63 bits per heavy atom. The van der Waals surface area contributed by atoms with Crippen molar-refractivity contribution < 1.29 is 19.1 Å². The zero-order chi connectivity index (χ0) is 19.2. The van der Waals surface area contributed by atoms with Gasteiger partial charge in [-0.25, -0.2) is 14.6 Å². The minimum Gasteiger partial charge on any atom is -0.442 e. The molecule has 1 heterocycles. The number of ether oxygens (including phenoxy) is 1. The third-order valence-corrected chi connectivity index (χ3v) is 3.69. The molecule has 1 aromatic heterocycles. The first kappa shape index (κ1) is 18.0. The van der Waals surface area contributed by atoms with E-state index in [1.54, 1.807) is 48.5 Å². The number of amides is 3. The Hall–Kier alpha value is -3.81. The van der Waals surface area contributed by atoms with E-state index in [9.17, 15) is 14.4 Å². The summed E-state index contributed by atoms with van der Waals surface area (Å²) in [6, 6.07) is 14.7. The Kier molecular flexibility index (Phi) is 5.36. The maximum atomic E-state index is 12.5. The van der Waals surface area contributed by atoms with Gasteiger partial charge in [-0.05, 0) is 12.1 Å². The van der Waals surface area contributed by atoms with Gasteiger partial charge in [-0.15, -0.1) is 0 Å². The number of para-hydroxylation sites is 2. The first-order valence-electron chi connectivity index (χ1n) is 8.09. The topological polar surface area (TPSA) is 110 Å². The van der Waals surface area contributed by atoms with Crippen LogP contribution in [0.5, 0.6) is 0 Å². The van der Waals surface area contributed by atoms with Crippen LogP contribution < -0.4 is 10.6 Å². The molecular weight excluding hydrogens is 348 g/mol. The Balaban J connectivity index is 1.86. The highest BCUT2D eigenvalue weighted by Gasteiger charge is 2.27. The highest BCUT2D eigenvalue weighted by atomic mass is 16.5. The van der Waals surface area contributed by atoms with Gasteiger partial charge in [0.15, 0.2) is 5.69 Å². The van der Waals surface area contributed by atoms with Crippen molar-refractivity contribution in [2.24, 2.45) is 0 Å². The van der Waals surface area contributed by atoms with E-state index in [2.05, 4.69) is 20.6 Å². The average molecular weight is 364 g/mol. The highest BCUT2D eigenvalue weighted by Crippen LogP contribution is 2.19. The van der Waals surface area contributed by atoms with Crippen molar-refractivity contribution >= 4 is 28.9 Å². The van der Waals surface area contributed by atoms with Crippen molar-refractivity contribution in [3.63, 3.8) is 0 Å². The lowest BCUT2D eigenvalue weighted by Gasteiger charge is -2.17. The molecule has 0 spiro atoms. The van der Waals surface area contributed by atoms with E-state index in [4.69, 9.17) is 4.74 Å². The highest BCUT2D eigenvalue weighted by molar-refractivity contribution is 5.99. The maximum absolute atomic E-state index is 12.5. The number of hydrogen-bond donors (Lipinski definition) is 2. The number of esters is 1. The molecule has 2 N–H and O–H groups in total. The Morgan fingerprint density at radius 3 is 2.33 bits per heavy atom. The van der Waals surface area contributed by atoms with Gasteiger partial charge in [0.2, 0.25) is 6.10 Å². The molecule has 3 rings (SSSR count). The summed E-state index contributed by atoms with van der Waals surface area (Å²) in [7, 11) is 1.37. The smallest absolute Gasteiger partial charge is 0.359 e. The van der Waals surface area contributed by atoms with Crippen LogP contribution in [-0.4, -0.2) is 34.9 Å². The van der Waals surface area contributed by atoms with Crippen molar-refractivity contribution in [3.05, 3.63) is 72.1 Å². The van der Waals surface area contributed by atoms with E-state index in [0.29, 0.717) is 16.6 Å². The SMILES string of the molecule is CNC(=O)NC(=O)C(OC(=O)c1cnc2ccccc2n1)c1ccccc1. The van der Waals surface area contributed by atoms with Gasteiger partial charge in [0.1, 0.15) is 0 Å². The Labute approximate surface area is 154 Å². The van der Waals surface area contributed by atoms with Crippen molar-refractivity contribution in [1.82, 2.24) is 20.6 Å². The summed E-state index contributed by atoms with van der Waals surface area (Å²) in [5.41, 5.74) is 1.53. The van der Waals surface area contributed by atoms with Crippen LogP contribution in [0.15, 0.2) is 60.8 Å². The average Bonchev–Trinajstić information content (AvgIpc) is 2.71. The number of urea groups is 1. The van der Waals surface area contributed by atoms with Crippen LogP contribution in [0.4, 0.5) is 4.79 Å². The summed E-state index contributed by atoms with van der Waals surface area (Å²) in [5.74, 6) is -1.60. The number of rotatable bonds is 4. The van der Waals surface area contributed by atoms with Gasteiger partial charge in [-0.1, -0.05) is 42.5 Å². The van der Waals surface area contributed by atoms with Gasteiger partial charge in [0.05, 0.1) is 17.2 Å². The molecule has 8 nitrogen and oxygen atoms in total. The number of carbonyl (C=O) groups excluding carboxylic acids is 3. The van der Waals surface area contributed by atoms with Gasteiger partial charge < -0.3 is 10.1 Å². The lowest BCUT2D eigenvalue weighted by atomic mass is 10.1. The third-order valence-electron chi connectivity index (χ3n) is 3.69. The number of nitrogens with one attached hydrogen (secondary N) is 2. The molecular formula is C19H16N4O4. The van der Waals surface area contributed by atoms with Crippen LogP contribution >= 0.6 is 0 Å². The molecule has 0 aliphatic carbocycles. The second-order valence-corrected chi connectivity index (χ2v) is 5.51. The molecule has 1 unspecified atom stereocenters. The minimum atomic E-state index is -1.32. The van der Waals surface area contributed by atoms with Gasteiger partial charge >= 0.3 is 12.0 Å². The van der Waals surface area contributed by atoms with E-state index in [1.165, 1.54) is 13.2 Å². The standard InChI is InChI=1S/C19H16N4O4/c1-20-19(26)23-17(24)16(12-7-3-2-4-8-12)27-18(25)15-11-21-13-9-5-6-10-14(13)22-15/h2-11,16H,1H3,(H2,20,23,24,26). The van der Waals surface area contributed by atoms with Crippen LogP contribution in [-0.2, 0) is 9.53 Å². The number of nitrogens with zero attached hydrogens (tertiary/aromatic N) is 2. The number of fused-ring (bicyclic) bond motifs is 1. The number of hydrogen-bond acceptors (Lipinski definition) is 6. The van der Waals surface area contributed by atoms with Crippen LogP contribution in [0.3, 0.4) is 0 Å². The second kappa shape index (κ2) is 8.05. The molecule has 0 bridgehead atoms. The Bertz CT molecular complexity index is 991. The van der Waals surface area contributed by atoms with Crippen LogP contribution in [0.2, 0.25) is 0 Å². The lowest BCUT2D eigenvalue weighted by Crippen LogP contribution is -2.41. The summed E-state index contributed by atoms with van der Waals surface area (Å²) >= 11 is 0. The molecule has 0 radical (unpaired) electrons. The fourth-order valence-electron chi connectivity index (χ4n) is 2.36. The molecule has 27 heavy (non-hydrogen) atoms. The molecule has 0 fully saturated rings. The van der Waals surface area contributed by atoms with Crippen molar-refractivity contribution in [3.8, 4) is 0 Å².